The van der Waals surface area contributed by atoms with E-state index in [4.69, 9.17) is 9.05 Å². The van der Waals surface area contributed by atoms with Crippen LogP contribution in [0.5, 0.6) is 0 Å². The zero-order chi connectivity index (χ0) is 40.7. The third-order valence-corrected chi connectivity index (χ3v) is 12.1. The lowest BCUT2D eigenvalue weighted by atomic mass is 10.0. The predicted octanol–water partition coefficient (Wildman–Crippen LogP) is 12.7. The van der Waals surface area contributed by atoms with Gasteiger partial charge in [0.1, 0.15) is 13.2 Å². The minimum Gasteiger partial charge on any atom is -0.756 e. The van der Waals surface area contributed by atoms with Gasteiger partial charge in [-0.05, 0) is 12.8 Å². The molecule has 2 N–H and O–H groups in total. The maximum atomic E-state index is 12.8. The molecule has 0 rings (SSSR count). The van der Waals surface area contributed by atoms with Gasteiger partial charge in [0.2, 0.25) is 5.91 Å². The molecule has 0 radical (unpaired) electrons. The van der Waals surface area contributed by atoms with Crippen LogP contribution in [0, 0.1) is 0 Å². The van der Waals surface area contributed by atoms with Crippen molar-refractivity contribution in [2.75, 3.05) is 40.9 Å². The first-order valence-corrected chi connectivity index (χ1v) is 25.3. The van der Waals surface area contributed by atoms with Gasteiger partial charge in [0, 0.05) is 6.42 Å². The normalized spacial score (nSPS) is 14.2. The Morgan fingerprint density at radius 3 is 1.24 bits per heavy atom. The van der Waals surface area contributed by atoms with Crippen LogP contribution in [0.1, 0.15) is 239 Å². The first-order valence-electron chi connectivity index (χ1n) is 23.9. The van der Waals surface area contributed by atoms with E-state index < -0.39 is 20.0 Å². The number of nitrogens with one attached hydrogen (secondary N) is 1. The summed E-state index contributed by atoms with van der Waals surface area (Å²) in [6.07, 6.45) is 42.6. The molecule has 1 amide bonds. The Hall–Kier alpha value is -0.500. The van der Waals surface area contributed by atoms with Crippen molar-refractivity contribution < 1.29 is 32.9 Å². The molecule has 0 aromatic carbocycles. The number of quaternary nitrogens is 1. The minimum atomic E-state index is -4.55. The lowest BCUT2D eigenvalue weighted by Gasteiger charge is -2.30. The number of rotatable bonds is 44. The summed E-state index contributed by atoms with van der Waals surface area (Å²) < 4.78 is 23.3. The molecule has 0 heterocycles. The number of hydrogen-bond donors (Lipinski definition) is 2. The number of aliphatic hydroxyl groups excluding tert-OH is 1. The fourth-order valence-corrected chi connectivity index (χ4v) is 8.00. The van der Waals surface area contributed by atoms with Crippen molar-refractivity contribution in [2.45, 2.75) is 251 Å². The van der Waals surface area contributed by atoms with Crippen molar-refractivity contribution in [1.82, 2.24) is 5.32 Å². The third kappa shape index (κ3) is 41.5. The molecule has 0 fully saturated rings. The molecule has 0 aromatic rings. The first-order chi connectivity index (χ1) is 26.5. The molecule has 3 unspecified atom stereocenters. The summed E-state index contributed by atoms with van der Waals surface area (Å²) in [5.41, 5.74) is 0. The topological polar surface area (TPSA) is 108 Å². The van der Waals surface area contributed by atoms with E-state index in [0.29, 0.717) is 23.9 Å². The summed E-state index contributed by atoms with van der Waals surface area (Å²) in [6.45, 7) is 4.73. The standard InChI is InChI=1S/C46H95N2O6P/c1-6-8-10-12-14-16-18-19-20-21-22-23-24-25-26-27-28-29-30-31-33-35-37-39-45(49)44(43-54-55(51,52)53-42-41-48(3,4)5)47-46(50)40-38-36-34-32-17-15-13-11-9-7-2/h44-45,49H,6-43H2,1-5H3,(H-,47,50,51,52). The highest BCUT2D eigenvalue weighted by Gasteiger charge is 2.24. The Bertz CT molecular complexity index is 870. The quantitative estimate of drug-likeness (QED) is 0.0361. The molecule has 3 atom stereocenters. The highest BCUT2D eigenvalue weighted by molar-refractivity contribution is 7.45. The van der Waals surface area contributed by atoms with Crippen LogP contribution in [0.25, 0.3) is 0 Å². The van der Waals surface area contributed by atoms with Crippen LogP contribution < -0.4 is 10.2 Å². The molecule has 330 valence electrons. The molecular formula is C46H95N2O6P. The maximum absolute atomic E-state index is 12.8. The Morgan fingerprint density at radius 1 is 0.564 bits per heavy atom. The van der Waals surface area contributed by atoms with E-state index >= 15 is 0 Å². The van der Waals surface area contributed by atoms with E-state index in [-0.39, 0.29) is 19.1 Å². The number of hydrogen-bond acceptors (Lipinski definition) is 6. The lowest BCUT2D eigenvalue weighted by molar-refractivity contribution is -0.870. The highest BCUT2D eigenvalue weighted by Crippen LogP contribution is 2.38. The van der Waals surface area contributed by atoms with E-state index in [1.165, 1.54) is 173 Å². The smallest absolute Gasteiger partial charge is 0.268 e. The largest absolute Gasteiger partial charge is 0.756 e. The summed E-state index contributed by atoms with van der Waals surface area (Å²) in [5.74, 6) is -0.164. The molecule has 0 spiro atoms. The van der Waals surface area contributed by atoms with Gasteiger partial charge in [-0.2, -0.15) is 0 Å². The van der Waals surface area contributed by atoms with Crippen LogP contribution in [-0.2, 0) is 18.4 Å². The second kappa shape index (κ2) is 39.0. The van der Waals surface area contributed by atoms with E-state index in [9.17, 15) is 19.4 Å². The molecule has 0 saturated carbocycles. The molecule has 0 saturated heterocycles. The number of carbonyl (C=O) groups is 1. The lowest BCUT2D eigenvalue weighted by Crippen LogP contribution is -2.46. The summed E-state index contributed by atoms with van der Waals surface area (Å²) in [6, 6.07) is -0.792. The van der Waals surface area contributed by atoms with Crippen LogP contribution in [0.15, 0.2) is 0 Å². The van der Waals surface area contributed by atoms with Crippen molar-refractivity contribution in [3.8, 4) is 0 Å². The van der Waals surface area contributed by atoms with Crippen LogP contribution >= 0.6 is 7.82 Å². The van der Waals surface area contributed by atoms with Gasteiger partial charge in [-0.25, -0.2) is 0 Å². The minimum absolute atomic E-state index is 0.0160. The number of carbonyl (C=O) groups excluding carboxylic acids is 1. The van der Waals surface area contributed by atoms with Gasteiger partial charge in [0.15, 0.2) is 0 Å². The van der Waals surface area contributed by atoms with Crippen molar-refractivity contribution >= 4 is 13.7 Å². The van der Waals surface area contributed by atoms with Gasteiger partial charge in [-0.15, -0.1) is 0 Å². The van der Waals surface area contributed by atoms with Crippen molar-refractivity contribution in [3.63, 3.8) is 0 Å². The second-order valence-electron chi connectivity index (χ2n) is 17.8. The molecule has 0 aliphatic rings. The summed E-state index contributed by atoms with van der Waals surface area (Å²) in [7, 11) is 1.32. The van der Waals surface area contributed by atoms with Crippen LogP contribution in [0.3, 0.4) is 0 Å². The van der Waals surface area contributed by atoms with E-state index in [1.807, 2.05) is 21.1 Å². The number of aliphatic hydroxyl groups is 1. The number of unbranched alkanes of at least 4 members (excludes halogenated alkanes) is 31. The maximum Gasteiger partial charge on any atom is 0.268 e. The third-order valence-electron chi connectivity index (χ3n) is 11.1. The summed E-state index contributed by atoms with van der Waals surface area (Å²) >= 11 is 0. The molecular weight excluding hydrogens is 707 g/mol. The molecule has 8 nitrogen and oxygen atoms in total. The molecule has 0 bridgehead atoms. The zero-order valence-electron chi connectivity index (χ0n) is 37.4. The first kappa shape index (κ1) is 54.5. The van der Waals surface area contributed by atoms with Crippen LogP contribution in [0.2, 0.25) is 0 Å². The fraction of sp³-hybridized carbons (Fsp3) is 0.978. The Balaban J connectivity index is 4.15. The zero-order valence-corrected chi connectivity index (χ0v) is 38.3. The van der Waals surface area contributed by atoms with Gasteiger partial charge >= 0.3 is 0 Å². The second-order valence-corrected chi connectivity index (χ2v) is 19.2. The van der Waals surface area contributed by atoms with Crippen LogP contribution in [-0.4, -0.2) is 68.5 Å². The molecule has 0 aliphatic carbocycles. The summed E-state index contributed by atoms with van der Waals surface area (Å²) in [4.78, 5) is 25.3. The average Bonchev–Trinajstić information content (AvgIpc) is 3.13. The van der Waals surface area contributed by atoms with Crippen molar-refractivity contribution in [3.05, 3.63) is 0 Å². The Morgan fingerprint density at radius 2 is 0.891 bits per heavy atom. The highest BCUT2D eigenvalue weighted by atomic mass is 31.2. The van der Waals surface area contributed by atoms with E-state index in [1.54, 1.807) is 0 Å². The fourth-order valence-electron chi connectivity index (χ4n) is 7.28. The monoisotopic (exact) mass is 803 g/mol. The van der Waals surface area contributed by atoms with E-state index in [0.717, 1.165) is 38.5 Å². The average molecular weight is 803 g/mol. The Kier molecular flexibility index (Phi) is 38.6. The Labute approximate surface area is 342 Å². The molecule has 55 heavy (non-hydrogen) atoms. The van der Waals surface area contributed by atoms with Crippen molar-refractivity contribution in [2.24, 2.45) is 0 Å². The number of nitrogens with zero attached hydrogens (tertiary/aromatic N) is 1. The molecule has 9 heteroatoms. The van der Waals surface area contributed by atoms with Gasteiger partial charge < -0.3 is 28.8 Å². The number of phosphoric acid groups is 1. The van der Waals surface area contributed by atoms with Gasteiger partial charge in [-0.3, -0.25) is 9.36 Å². The summed E-state index contributed by atoms with van der Waals surface area (Å²) in [5, 5.41) is 13.9. The van der Waals surface area contributed by atoms with E-state index in [2.05, 4.69) is 19.2 Å². The van der Waals surface area contributed by atoms with Crippen molar-refractivity contribution in [1.29, 1.82) is 0 Å². The van der Waals surface area contributed by atoms with Gasteiger partial charge in [-0.1, -0.05) is 219 Å². The number of likely N-dealkylation sites (N-methyl/N-ethyl adjacent to an activating group) is 1. The van der Waals surface area contributed by atoms with Gasteiger partial charge in [0.05, 0.1) is 39.9 Å². The SMILES string of the molecule is CCCCCCCCCCCCCCCCCCCCCCCCCC(O)C(COP(=O)([O-])OCC[N+](C)(C)C)NC(=O)CCCCCCCCCCCC. The van der Waals surface area contributed by atoms with Gasteiger partial charge in [0.25, 0.3) is 7.82 Å². The molecule has 0 aromatic heterocycles. The number of amides is 1. The molecule has 0 aliphatic heterocycles. The predicted molar refractivity (Wildman–Crippen MR) is 233 cm³/mol. The number of phosphoric ester groups is 1. The van der Waals surface area contributed by atoms with Crippen LogP contribution in [0.4, 0.5) is 0 Å².